The number of aliphatic hydroxyl groups is 1. The van der Waals surface area contributed by atoms with Crippen LogP contribution in [0.1, 0.15) is 46.1 Å². The molecule has 1 atom stereocenters. The average Bonchev–Trinajstić information content (AvgIpc) is 2.33. The van der Waals surface area contributed by atoms with Crippen molar-refractivity contribution in [3.8, 4) is 0 Å². The Bertz CT molecular complexity index is 387. The van der Waals surface area contributed by atoms with Gasteiger partial charge in [0, 0.05) is 6.42 Å². The summed E-state index contributed by atoms with van der Waals surface area (Å²) >= 11 is 0. The number of hydrogen-bond donors (Lipinski definition) is 1. The predicted octanol–water partition coefficient (Wildman–Crippen LogP) is 3.62. The first-order valence-electron chi connectivity index (χ1n) is 7.10. The molecule has 0 amide bonds. The molecule has 0 saturated carbocycles. The molecule has 0 spiro atoms. The first-order chi connectivity index (χ1) is 8.80. The molecule has 0 fully saturated rings. The zero-order chi connectivity index (χ0) is 14.5. The van der Waals surface area contributed by atoms with Crippen LogP contribution in [0.25, 0.3) is 0 Å². The second-order valence-corrected chi connectivity index (χ2v) is 6.21. The quantitative estimate of drug-likeness (QED) is 0.815. The second kappa shape index (κ2) is 6.85. The van der Waals surface area contributed by atoms with Gasteiger partial charge in [0.1, 0.15) is 5.60 Å². The number of hydrogen-bond acceptors (Lipinski definition) is 2. The molecule has 2 heteroatoms. The van der Waals surface area contributed by atoms with Gasteiger partial charge in [-0.1, -0.05) is 44.2 Å². The van der Waals surface area contributed by atoms with E-state index < -0.39 is 5.60 Å². The van der Waals surface area contributed by atoms with Crippen molar-refractivity contribution in [3.63, 3.8) is 0 Å². The first-order valence-corrected chi connectivity index (χ1v) is 7.10. The zero-order valence-corrected chi connectivity index (χ0v) is 12.5. The molecule has 1 aromatic rings. The van der Waals surface area contributed by atoms with Crippen LogP contribution >= 0.6 is 0 Å². The molecule has 1 N–H and O–H groups in total. The van der Waals surface area contributed by atoms with Gasteiger partial charge < -0.3 is 5.11 Å². The number of aryl methyl sites for hydroxylation is 1. The fourth-order valence-corrected chi connectivity index (χ4v) is 2.16. The molecule has 1 rings (SSSR count). The van der Waals surface area contributed by atoms with Crippen molar-refractivity contribution in [2.75, 3.05) is 0 Å². The molecule has 1 unspecified atom stereocenters. The fourth-order valence-electron chi connectivity index (χ4n) is 2.16. The SMILES string of the molecule is CC(C)C(CCc1ccccc1)CC(=O)C(C)(C)O. The maximum absolute atomic E-state index is 11.9. The Kier molecular flexibility index (Phi) is 5.74. The Labute approximate surface area is 116 Å². The van der Waals surface area contributed by atoms with Crippen molar-refractivity contribution in [1.82, 2.24) is 0 Å². The van der Waals surface area contributed by atoms with Crippen LogP contribution in [0, 0.1) is 11.8 Å². The van der Waals surface area contributed by atoms with E-state index in [0.717, 1.165) is 12.8 Å². The van der Waals surface area contributed by atoms with Gasteiger partial charge in [-0.3, -0.25) is 4.79 Å². The summed E-state index contributed by atoms with van der Waals surface area (Å²) in [6, 6.07) is 10.3. The predicted molar refractivity (Wildman–Crippen MR) is 79.0 cm³/mol. The van der Waals surface area contributed by atoms with Crippen LogP contribution in [0.5, 0.6) is 0 Å². The van der Waals surface area contributed by atoms with E-state index in [9.17, 15) is 9.90 Å². The highest BCUT2D eigenvalue weighted by Gasteiger charge is 2.27. The summed E-state index contributed by atoms with van der Waals surface area (Å²) in [7, 11) is 0. The lowest BCUT2D eigenvalue weighted by molar-refractivity contribution is -0.135. The fraction of sp³-hybridized carbons (Fsp3) is 0.588. The van der Waals surface area contributed by atoms with E-state index in [0.29, 0.717) is 18.3 Å². The van der Waals surface area contributed by atoms with E-state index in [-0.39, 0.29) is 5.78 Å². The number of carbonyl (C=O) groups is 1. The molecule has 0 aromatic heterocycles. The largest absolute Gasteiger partial charge is 0.383 e. The van der Waals surface area contributed by atoms with Crippen LogP contribution in [0.3, 0.4) is 0 Å². The maximum Gasteiger partial charge on any atom is 0.164 e. The molecule has 0 heterocycles. The second-order valence-electron chi connectivity index (χ2n) is 6.21. The summed E-state index contributed by atoms with van der Waals surface area (Å²) in [6.45, 7) is 7.44. The third-order valence-electron chi connectivity index (χ3n) is 3.72. The van der Waals surface area contributed by atoms with E-state index in [4.69, 9.17) is 0 Å². The Morgan fingerprint density at radius 2 is 1.79 bits per heavy atom. The zero-order valence-electron chi connectivity index (χ0n) is 12.5. The van der Waals surface area contributed by atoms with Gasteiger partial charge in [0.05, 0.1) is 0 Å². The van der Waals surface area contributed by atoms with Crippen LogP contribution in [-0.4, -0.2) is 16.5 Å². The van der Waals surface area contributed by atoms with Crippen LogP contribution in [0.2, 0.25) is 0 Å². The monoisotopic (exact) mass is 262 g/mol. The number of carbonyl (C=O) groups excluding carboxylic acids is 1. The molecule has 19 heavy (non-hydrogen) atoms. The highest BCUT2D eigenvalue weighted by atomic mass is 16.3. The van der Waals surface area contributed by atoms with E-state index in [2.05, 4.69) is 26.0 Å². The highest BCUT2D eigenvalue weighted by molar-refractivity contribution is 5.86. The van der Waals surface area contributed by atoms with E-state index in [1.807, 2.05) is 18.2 Å². The van der Waals surface area contributed by atoms with Crippen LogP contribution in [0.15, 0.2) is 30.3 Å². The van der Waals surface area contributed by atoms with Crippen LogP contribution < -0.4 is 0 Å². The molecule has 0 aliphatic heterocycles. The summed E-state index contributed by atoms with van der Waals surface area (Å²) in [5, 5.41) is 9.75. The maximum atomic E-state index is 11.9. The van der Waals surface area contributed by atoms with Crippen molar-refractivity contribution in [1.29, 1.82) is 0 Å². The molecule has 0 aliphatic carbocycles. The van der Waals surface area contributed by atoms with Gasteiger partial charge in [-0.2, -0.15) is 0 Å². The Balaban J connectivity index is 2.57. The number of rotatable bonds is 7. The molecule has 0 bridgehead atoms. The summed E-state index contributed by atoms with van der Waals surface area (Å²) in [4.78, 5) is 11.9. The molecule has 0 saturated heterocycles. The molecule has 0 aliphatic rings. The smallest absolute Gasteiger partial charge is 0.164 e. The van der Waals surface area contributed by atoms with Crippen molar-refractivity contribution in [2.24, 2.45) is 11.8 Å². The van der Waals surface area contributed by atoms with Gasteiger partial charge in [-0.05, 0) is 44.1 Å². The Morgan fingerprint density at radius 3 is 2.26 bits per heavy atom. The van der Waals surface area contributed by atoms with E-state index >= 15 is 0 Å². The third-order valence-corrected chi connectivity index (χ3v) is 3.72. The third kappa shape index (κ3) is 5.56. The number of ketones is 1. The van der Waals surface area contributed by atoms with Gasteiger partial charge in [-0.25, -0.2) is 0 Å². The molecule has 106 valence electrons. The summed E-state index contributed by atoms with van der Waals surface area (Å²) < 4.78 is 0. The van der Waals surface area contributed by atoms with Crippen molar-refractivity contribution >= 4 is 5.78 Å². The minimum Gasteiger partial charge on any atom is -0.383 e. The van der Waals surface area contributed by atoms with Gasteiger partial charge in [0.15, 0.2) is 5.78 Å². The van der Waals surface area contributed by atoms with Crippen LogP contribution in [0.4, 0.5) is 0 Å². The average molecular weight is 262 g/mol. The van der Waals surface area contributed by atoms with Crippen molar-refractivity contribution in [2.45, 2.75) is 52.6 Å². The summed E-state index contributed by atoms with van der Waals surface area (Å²) in [5.74, 6) is 0.730. The Morgan fingerprint density at radius 1 is 1.21 bits per heavy atom. The number of Topliss-reactive ketones (excluding diaryl/α,β-unsaturated/α-hetero) is 1. The molecule has 1 aromatic carbocycles. The lowest BCUT2D eigenvalue weighted by Crippen LogP contribution is -2.33. The van der Waals surface area contributed by atoms with Gasteiger partial charge >= 0.3 is 0 Å². The first kappa shape index (κ1) is 15.9. The van der Waals surface area contributed by atoms with Gasteiger partial charge in [0.2, 0.25) is 0 Å². The Hall–Kier alpha value is -1.15. The summed E-state index contributed by atoms with van der Waals surface area (Å²) in [5.41, 5.74) is 0.101. The van der Waals surface area contributed by atoms with Gasteiger partial charge in [0.25, 0.3) is 0 Å². The van der Waals surface area contributed by atoms with Crippen molar-refractivity contribution < 1.29 is 9.90 Å². The highest BCUT2D eigenvalue weighted by Crippen LogP contribution is 2.24. The van der Waals surface area contributed by atoms with E-state index in [1.54, 1.807) is 13.8 Å². The van der Waals surface area contributed by atoms with Crippen molar-refractivity contribution in [3.05, 3.63) is 35.9 Å². The van der Waals surface area contributed by atoms with Crippen LogP contribution in [-0.2, 0) is 11.2 Å². The number of benzene rings is 1. The molecule has 2 nitrogen and oxygen atoms in total. The lowest BCUT2D eigenvalue weighted by atomic mass is 9.83. The minimum atomic E-state index is -1.21. The molecule has 0 radical (unpaired) electrons. The molecular formula is C17H26O2. The minimum absolute atomic E-state index is 0.0562. The summed E-state index contributed by atoms with van der Waals surface area (Å²) in [6.07, 6.45) is 2.44. The standard InChI is InChI=1S/C17H26O2/c1-13(2)15(12-16(18)17(3,4)19)11-10-14-8-6-5-7-9-14/h5-9,13,15,19H,10-12H2,1-4H3. The van der Waals surface area contributed by atoms with E-state index in [1.165, 1.54) is 5.56 Å². The molecular weight excluding hydrogens is 236 g/mol. The van der Waals surface area contributed by atoms with Gasteiger partial charge in [-0.15, -0.1) is 0 Å². The topological polar surface area (TPSA) is 37.3 Å². The lowest BCUT2D eigenvalue weighted by Gasteiger charge is -2.24. The normalized spacial score (nSPS) is 13.6.